The van der Waals surface area contributed by atoms with Crippen molar-refractivity contribution in [2.45, 2.75) is 13.8 Å². The molecular formula is C20H21N5O. The van der Waals surface area contributed by atoms with Crippen LogP contribution in [0.2, 0.25) is 0 Å². The Labute approximate surface area is 151 Å². The molecule has 0 aliphatic heterocycles. The molecule has 2 aromatic heterocycles. The first-order valence-electron chi connectivity index (χ1n) is 8.78. The van der Waals surface area contributed by atoms with Gasteiger partial charge in [0.2, 0.25) is 0 Å². The van der Waals surface area contributed by atoms with Crippen LogP contribution in [-0.2, 0) is 0 Å². The molecule has 6 heteroatoms. The fourth-order valence-corrected chi connectivity index (χ4v) is 3.03. The molecule has 0 fully saturated rings. The first kappa shape index (κ1) is 16.2. The number of H-pyrrole nitrogens is 1. The van der Waals surface area contributed by atoms with E-state index >= 15 is 0 Å². The second kappa shape index (κ2) is 6.92. The Morgan fingerprint density at radius 3 is 2.62 bits per heavy atom. The monoisotopic (exact) mass is 347 g/mol. The zero-order valence-electron chi connectivity index (χ0n) is 14.9. The van der Waals surface area contributed by atoms with Gasteiger partial charge in [0.25, 0.3) is 6.01 Å². The third-order valence-corrected chi connectivity index (χ3v) is 4.48. The molecule has 6 nitrogen and oxygen atoms in total. The van der Waals surface area contributed by atoms with Gasteiger partial charge in [-0.2, -0.15) is 5.10 Å². The van der Waals surface area contributed by atoms with Gasteiger partial charge in [0, 0.05) is 35.4 Å². The van der Waals surface area contributed by atoms with Gasteiger partial charge in [-0.05, 0) is 56.3 Å². The van der Waals surface area contributed by atoms with Crippen molar-refractivity contribution in [3.8, 4) is 11.3 Å². The largest absolute Gasteiger partial charge is 0.423 e. The van der Waals surface area contributed by atoms with Gasteiger partial charge in [-0.25, -0.2) is 4.98 Å². The molecule has 2 heterocycles. The number of hydrogen-bond donors (Lipinski definition) is 2. The van der Waals surface area contributed by atoms with Gasteiger partial charge in [0.05, 0.1) is 17.9 Å². The van der Waals surface area contributed by atoms with Crippen molar-refractivity contribution < 1.29 is 4.42 Å². The number of anilines is 3. The smallest absolute Gasteiger partial charge is 0.299 e. The lowest BCUT2D eigenvalue weighted by molar-refractivity contribution is 0.592. The SMILES string of the molecule is CCN(CC)c1ccc(-c2cnc(Nc3ccc4cn[nH]c4c3)o2)cc1. The highest BCUT2D eigenvalue weighted by Gasteiger charge is 2.09. The van der Waals surface area contributed by atoms with Gasteiger partial charge >= 0.3 is 0 Å². The summed E-state index contributed by atoms with van der Waals surface area (Å²) in [6.07, 6.45) is 3.54. The highest BCUT2D eigenvalue weighted by atomic mass is 16.4. The maximum atomic E-state index is 5.86. The lowest BCUT2D eigenvalue weighted by Gasteiger charge is -2.20. The van der Waals surface area contributed by atoms with E-state index in [0.717, 1.165) is 41.0 Å². The molecule has 0 radical (unpaired) electrons. The Morgan fingerprint density at radius 1 is 1.04 bits per heavy atom. The van der Waals surface area contributed by atoms with Crippen molar-refractivity contribution in [2.75, 3.05) is 23.3 Å². The van der Waals surface area contributed by atoms with Crippen molar-refractivity contribution >= 4 is 28.3 Å². The summed E-state index contributed by atoms with van der Waals surface area (Å²) in [4.78, 5) is 6.64. The highest BCUT2D eigenvalue weighted by molar-refractivity contribution is 5.82. The second-order valence-electron chi connectivity index (χ2n) is 6.05. The molecule has 0 spiro atoms. The van der Waals surface area contributed by atoms with Crippen molar-refractivity contribution in [2.24, 2.45) is 0 Å². The van der Waals surface area contributed by atoms with E-state index < -0.39 is 0 Å². The first-order valence-corrected chi connectivity index (χ1v) is 8.78. The van der Waals surface area contributed by atoms with Crippen LogP contribution >= 0.6 is 0 Å². The Kier molecular flexibility index (Phi) is 4.31. The second-order valence-corrected chi connectivity index (χ2v) is 6.05. The highest BCUT2D eigenvalue weighted by Crippen LogP contribution is 2.27. The minimum Gasteiger partial charge on any atom is -0.423 e. The number of hydrogen-bond acceptors (Lipinski definition) is 5. The molecule has 26 heavy (non-hydrogen) atoms. The summed E-state index contributed by atoms with van der Waals surface area (Å²) in [7, 11) is 0. The number of aromatic amines is 1. The summed E-state index contributed by atoms with van der Waals surface area (Å²) in [5.74, 6) is 0.737. The van der Waals surface area contributed by atoms with E-state index in [9.17, 15) is 0 Å². The zero-order valence-corrected chi connectivity index (χ0v) is 14.9. The molecule has 0 saturated carbocycles. The third kappa shape index (κ3) is 3.13. The molecule has 2 aromatic carbocycles. The normalized spacial score (nSPS) is 11.0. The van der Waals surface area contributed by atoms with Crippen LogP contribution in [0.25, 0.3) is 22.2 Å². The van der Waals surface area contributed by atoms with E-state index in [1.807, 2.05) is 18.2 Å². The van der Waals surface area contributed by atoms with E-state index in [0.29, 0.717) is 6.01 Å². The standard InChI is InChI=1S/C20H21N5O/c1-3-25(4-2)17-9-6-14(7-10-17)19-13-21-20(26-19)23-16-8-5-15-12-22-24-18(15)11-16/h5-13H,3-4H2,1-2H3,(H,21,23)(H,22,24). The predicted octanol–water partition coefficient (Wildman–Crippen LogP) is 4.81. The van der Waals surface area contributed by atoms with E-state index in [1.165, 1.54) is 5.69 Å². The minimum atomic E-state index is 0.465. The summed E-state index contributed by atoms with van der Waals surface area (Å²) < 4.78 is 5.86. The Bertz CT molecular complexity index is 998. The van der Waals surface area contributed by atoms with Gasteiger partial charge in [0.15, 0.2) is 5.76 Å². The molecule has 132 valence electrons. The summed E-state index contributed by atoms with van der Waals surface area (Å²) in [6, 6.07) is 14.8. The quantitative estimate of drug-likeness (QED) is 0.524. The van der Waals surface area contributed by atoms with Crippen LogP contribution in [-0.4, -0.2) is 28.3 Å². The van der Waals surface area contributed by atoms with Crippen LogP contribution in [0.5, 0.6) is 0 Å². The minimum absolute atomic E-state index is 0.465. The zero-order chi connectivity index (χ0) is 17.9. The lowest BCUT2D eigenvalue weighted by atomic mass is 10.1. The Morgan fingerprint density at radius 2 is 1.85 bits per heavy atom. The molecule has 0 aliphatic carbocycles. The molecule has 0 unspecified atom stereocenters. The van der Waals surface area contributed by atoms with Gasteiger partial charge in [-0.1, -0.05) is 0 Å². The van der Waals surface area contributed by atoms with E-state index in [2.05, 4.69) is 63.5 Å². The van der Waals surface area contributed by atoms with Crippen LogP contribution in [0.4, 0.5) is 17.4 Å². The van der Waals surface area contributed by atoms with Crippen molar-refractivity contribution in [1.82, 2.24) is 15.2 Å². The number of aromatic nitrogens is 3. The molecular weight excluding hydrogens is 326 g/mol. The molecule has 4 rings (SSSR count). The third-order valence-electron chi connectivity index (χ3n) is 4.48. The van der Waals surface area contributed by atoms with E-state index in [4.69, 9.17) is 4.42 Å². The van der Waals surface area contributed by atoms with Crippen molar-refractivity contribution in [3.05, 3.63) is 54.9 Å². The Hall–Kier alpha value is -3.28. The topological polar surface area (TPSA) is 70.0 Å². The van der Waals surface area contributed by atoms with Crippen molar-refractivity contribution in [1.29, 1.82) is 0 Å². The van der Waals surface area contributed by atoms with Crippen LogP contribution in [0, 0.1) is 0 Å². The number of oxazole rings is 1. The molecule has 2 N–H and O–H groups in total. The summed E-state index contributed by atoms with van der Waals surface area (Å²) >= 11 is 0. The van der Waals surface area contributed by atoms with Crippen LogP contribution in [0.15, 0.2) is 59.3 Å². The average Bonchev–Trinajstić information content (AvgIpc) is 3.32. The molecule has 4 aromatic rings. The predicted molar refractivity (Wildman–Crippen MR) is 105 cm³/mol. The fourth-order valence-electron chi connectivity index (χ4n) is 3.03. The number of benzene rings is 2. The van der Waals surface area contributed by atoms with Gasteiger partial charge in [0.1, 0.15) is 0 Å². The van der Waals surface area contributed by atoms with Gasteiger partial charge < -0.3 is 14.6 Å². The van der Waals surface area contributed by atoms with Gasteiger partial charge in [-0.15, -0.1) is 0 Å². The molecule has 0 saturated heterocycles. The molecule has 0 aliphatic rings. The number of fused-ring (bicyclic) bond motifs is 1. The number of nitrogens with zero attached hydrogens (tertiary/aromatic N) is 3. The van der Waals surface area contributed by atoms with E-state index in [1.54, 1.807) is 12.4 Å². The van der Waals surface area contributed by atoms with Gasteiger partial charge in [-0.3, -0.25) is 5.10 Å². The first-order chi connectivity index (χ1) is 12.8. The van der Waals surface area contributed by atoms with Crippen LogP contribution < -0.4 is 10.2 Å². The fraction of sp³-hybridized carbons (Fsp3) is 0.200. The Balaban J connectivity index is 1.52. The number of nitrogens with one attached hydrogen (secondary N) is 2. The van der Waals surface area contributed by atoms with E-state index in [-0.39, 0.29) is 0 Å². The maximum absolute atomic E-state index is 5.86. The van der Waals surface area contributed by atoms with Crippen LogP contribution in [0.3, 0.4) is 0 Å². The summed E-state index contributed by atoms with van der Waals surface area (Å²) in [5.41, 5.74) is 4.08. The average molecular weight is 347 g/mol. The lowest BCUT2D eigenvalue weighted by Crippen LogP contribution is -2.21. The van der Waals surface area contributed by atoms with Crippen LogP contribution in [0.1, 0.15) is 13.8 Å². The maximum Gasteiger partial charge on any atom is 0.299 e. The molecule has 0 bridgehead atoms. The van der Waals surface area contributed by atoms with Crippen molar-refractivity contribution in [3.63, 3.8) is 0 Å². The molecule has 0 amide bonds. The molecule has 0 atom stereocenters. The summed E-state index contributed by atoms with van der Waals surface area (Å²) in [6.45, 7) is 6.30. The number of rotatable bonds is 6. The summed E-state index contributed by atoms with van der Waals surface area (Å²) in [5, 5.41) is 11.2.